The maximum absolute atomic E-state index is 12.4. The zero-order valence-corrected chi connectivity index (χ0v) is 20.5. The van der Waals surface area contributed by atoms with Crippen LogP contribution in [0.2, 0.25) is 0 Å². The molecule has 34 heavy (non-hydrogen) atoms. The molecule has 1 amide bonds. The third-order valence-electron chi connectivity index (χ3n) is 6.32. The second kappa shape index (κ2) is 16.2. The van der Waals surface area contributed by atoms with E-state index in [1.807, 2.05) is 6.07 Å². The second-order valence-corrected chi connectivity index (χ2v) is 8.83. The smallest absolute Gasteiger partial charge is 0.294 e. The Kier molecular flexibility index (Phi) is 13.2. The fourth-order valence-corrected chi connectivity index (χ4v) is 4.15. The van der Waals surface area contributed by atoms with Crippen LogP contribution < -0.4 is 4.90 Å². The minimum absolute atomic E-state index is 0.185. The van der Waals surface area contributed by atoms with Crippen LogP contribution in [0.1, 0.15) is 81.5 Å². The predicted molar refractivity (Wildman–Crippen MR) is 132 cm³/mol. The first-order valence-electron chi connectivity index (χ1n) is 12.7. The molecule has 0 bridgehead atoms. The van der Waals surface area contributed by atoms with Gasteiger partial charge in [-0.1, -0.05) is 58.3 Å². The van der Waals surface area contributed by atoms with Crippen molar-refractivity contribution >= 4 is 11.7 Å². The van der Waals surface area contributed by atoms with Crippen molar-refractivity contribution in [1.82, 2.24) is 14.9 Å². The molecule has 0 N–H and O–H groups in total. The van der Waals surface area contributed by atoms with Crippen LogP contribution in [-0.4, -0.2) is 71.8 Å². The number of likely N-dealkylation sites (N-methyl/N-ethyl adjacent to an activating group) is 1. The van der Waals surface area contributed by atoms with Crippen molar-refractivity contribution in [2.75, 3.05) is 50.8 Å². The first-order valence-corrected chi connectivity index (χ1v) is 12.7. The van der Waals surface area contributed by atoms with Gasteiger partial charge in [0.05, 0.1) is 12.2 Å². The van der Waals surface area contributed by atoms with Crippen molar-refractivity contribution in [1.29, 1.82) is 0 Å². The fraction of sp³-hybridized carbons (Fsp3) is 0.750. The van der Waals surface area contributed by atoms with Gasteiger partial charge in [0.2, 0.25) is 5.91 Å². The summed E-state index contributed by atoms with van der Waals surface area (Å²) < 4.78 is 0. The number of nitrogens with zero attached hydrogens (tertiary/aromatic N) is 5. The molecule has 1 aromatic rings. The molecule has 10 heteroatoms. The molecule has 10 nitrogen and oxygen atoms in total. The summed E-state index contributed by atoms with van der Waals surface area (Å²) in [5, 5.41) is 22.0. The van der Waals surface area contributed by atoms with Crippen molar-refractivity contribution in [3.63, 3.8) is 0 Å². The lowest BCUT2D eigenvalue weighted by Crippen LogP contribution is -2.46. The summed E-state index contributed by atoms with van der Waals surface area (Å²) in [5.74, 6) is 0.340. The number of piperazine rings is 1. The largest absolute Gasteiger partial charge is 0.756 e. The summed E-state index contributed by atoms with van der Waals surface area (Å²) in [5.41, 5.74) is 0.343. The minimum Gasteiger partial charge on any atom is -0.756 e. The third-order valence-corrected chi connectivity index (χ3v) is 6.32. The molecule has 0 aliphatic carbocycles. The summed E-state index contributed by atoms with van der Waals surface area (Å²) in [7, 11) is 0. The highest BCUT2D eigenvalue weighted by atomic mass is 16.9. The zero-order valence-electron chi connectivity index (χ0n) is 20.5. The first-order chi connectivity index (χ1) is 16.5. The molecule has 0 atom stereocenters. The molecule has 1 aliphatic rings. The lowest BCUT2D eigenvalue weighted by molar-refractivity contribution is -0.757. The highest BCUT2D eigenvalue weighted by molar-refractivity contribution is 5.94. The number of hydrogen-bond acceptors (Lipinski definition) is 8. The molecule has 1 saturated heterocycles. The number of carbonyl (C=O) groups is 1. The van der Waals surface area contributed by atoms with Gasteiger partial charge in [-0.15, -0.1) is 10.1 Å². The summed E-state index contributed by atoms with van der Waals surface area (Å²) in [6.45, 7) is 7.48. The van der Waals surface area contributed by atoms with E-state index in [0.717, 1.165) is 96.3 Å². The molecule has 192 valence electrons. The molecule has 1 aromatic heterocycles. The lowest BCUT2D eigenvalue weighted by atomic mass is 10.1. The average molecular weight is 479 g/mol. The van der Waals surface area contributed by atoms with Crippen molar-refractivity contribution in [3.8, 4) is 0 Å². The van der Waals surface area contributed by atoms with E-state index < -0.39 is 11.0 Å². The minimum atomic E-state index is -0.744. The van der Waals surface area contributed by atoms with Gasteiger partial charge in [0.1, 0.15) is 5.82 Å². The number of rotatable bonds is 17. The Hall–Kier alpha value is -2.46. The molecule has 2 rings (SSSR count). The maximum atomic E-state index is 12.4. The second-order valence-electron chi connectivity index (χ2n) is 8.83. The number of hydroxylamine groups is 2. The number of hydrogen-bond donors (Lipinski definition) is 0. The van der Waals surface area contributed by atoms with Gasteiger partial charge < -0.3 is 24.9 Å². The Morgan fingerprint density at radius 3 is 2.12 bits per heavy atom. The summed E-state index contributed by atoms with van der Waals surface area (Å²) in [4.78, 5) is 35.7. The van der Waals surface area contributed by atoms with E-state index in [1.165, 1.54) is 6.20 Å². The standard InChI is InChI=1S/C24H40N5O5/c1-2-26-16-18-27(19-17-26)23-14-13-22(21-25-23)24(30)28(31)15-11-9-7-5-3-4-6-8-10-12-20-34-29(32)33/h13-14,21H,2-12,15-20H2,1H3/q-1. The number of pyridine rings is 1. The van der Waals surface area contributed by atoms with Crippen molar-refractivity contribution in [2.45, 2.75) is 71.1 Å². The topological polar surface area (TPSA) is 115 Å². The molecule has 0 radical (unpaired) electrons. The SMILES string of the molecule is CCN1CCN(c2ccc(C(=O)N([O-])CCCCCCCCCCCCO[N+](=O)[O-])cn2)CC1. The normalized spacial score (nSPS) is 14.2. The maximum Gasteiger partial charge on any atom is 0.294 e. The van der Waals surface area contributed by atoms with E-state index >= 15 is 0 Å². The van der Waals surface area contributed by atoms with E-state index in [1.54, 1.807) is 6.07 Å². The highest BCUT2D eigenvalue weighted by Crippen LogP contribution is 2.16. The van der Waals surface area contributed by atoms with Gasteiger partial charge >= 0.3 is 0 Å². The quantitative estimate of drug-likeness (QED) is 0.185. The molecule has 0 unspecified atom stereocenters. The van der Waals surface area contributed by atoms with Gasteiger partial charge in [-0.3, -0.25) is 4.79 Å². The van der Waals surface area contributed by atoms with Gasteiger partial charge in [0.25, 0.3) is 5.09 Å². The van der Waals surface area contributed by atoms with Crippen molar-refractivity contribution < 1.29 is 14.7 Å². The molecule has 0 spiro atoms. The van der Waals surface area contributed by atoms with E-state index in [9.17, 15) is 20.1 Å². The molecule has 2 heterocycles. The Labute approximate surface area is 202 Å². The van der Waals surface area contributed by atoms with Crippen LogP contribution >= 0.6 is 0 Å². The van der Waals surface area contributed by atoms with E-state index in [4.69, 9.17) is 0 Å². The van der Waals surface area contributed by atoms with Gasteiger partial charge in [-0.2, -0.15) is 0 Å². The molecular weight excluding hydrogens is 438 g/mol. The van der Waals surface area contributed by atoms with E-state index in [0.29, 0.717) is 17.0 Å². The van der Waals surface area contributed by atoms with E-state index in [2.05, 4.69) is 26.5 Å². The first kappa shape index (κ1) is 27.8. The van der Waals surface area contributed by atoms with Crippen LogP contribution in [0, 0.1) is 15.3 Å². The fourth-order valence-electron chi connectivity index (χ4n) is 4.15. The van der Waals surface area contributed by atoms with Crippen LogP contribution in [0.15, 0.2) is 18.3 Å². The Bertz CT molecular complexity index is 710. The van der Waals surface area contributed by atoms with Gasteiger partial charge in [0.15, 0.2) is 0 Å². The molecule has 1 fully saturated rings. The molecule has 0 saturated carbocycles. The van der Waals surface area contributed by atoms with Gasteiger partial charge in [-0.05, 0) is 31.5 Å². The zero-order chi connectivity index (χ0) is 24.6. The Morgan fingerprint density at radius 1 is 1.00 bits per heavy atom. The number of aromatic nitrogens is 1. The number of carbonyl (C=O) groups excluding carboxylic acids is 1. The molecule has 0 aromatic carbocycles. The van der Waals surface area contributed by atoms with Crippen molar-refractivity contribution in [3.05, 3.63) is 39.2 Å². The van der Waals surface area contributed by atoms with Crippen LogP contribution in [0.4, 0.5) is 5.82 Å². The molecular formula is C24H40N5O5-. The number of amides is 1. The van der Waals surface area contributed by atoms with E-state index in [-0.39, 0.29) is 13.2 Å². The van der Waals surface area contributed by atoms with Crippen LogP contribution in [0.5, 0.6) is 0 Å². The Balaban J connectivity index is 1.50. The lowest BCUT2D eigenvalue weighted by Gasteiger charge is -2.34. The van der Waals surface area contributed by atoms with Crippen LogP contribution in [-0.2, 0) is 4.84 Å². The summed E-state index contributed by atoms with van der Waals surface area (Å²) in [6.07, 6.45) is 11.5. The summed E-state index contributed by atoms with van der Waals surface area (Å²) >= 11 is 0. The Morgan fingerprint density at radius 2 is 1.59 bits per heavy atom. The third kappa shape index (κ3) is 10.6. The van der Waals surface area contributed by atoms with Crippen molar-refractivity contribution in [2.24, 2.45) is 0 Å². The number of anilines is 1. The average Bonchev–Trinajstić information content (AvgIpc) is 2.86. The highest BCUT2D eigenvalue weighted by Gasteiger charge is 2.17. The van der Waals surface area contributed by atoms with Crippen LogP contribution in [0.3, 0.4) is 0 Å². The predicted octanol–water partition coefficient (Wildman–Crippen LogP) is 4.27. The van der Waals surface area contributed by atoms with Gasteiger partial charge in [0, 0.05) is 38.9 Å². The summed E-state index contributed by atoms with van der Waals surface area (Å²) in [6, 6.07) is 3.54. The molecule has 1 aliphatic heterocycles. The monoisotopic (exact) mass is 478 g/mol. The number of unbranched alkanes of at least 4 members (excludes halogenated alkanes) is 9. The van der Waals surface area contributed by atoms with Gasteiger partial charge in [-0.25, -0.2) is 4.98 Å². The van der Waals surface area contributed by atoms with Crippen LogP contribution in [0.25, 0.3) is 0 Å².